The zero-order valence-electron chi connectivity index (χ0n) is 10.6. The Labute approximate surface area is 104 Å². The molecule has 2 aliphatic rings. The summed E-state index contributed by atoms with van der Waals surface area (Å²) in [6.45, 7) is 7.82. The summed E-state index contributed by atoms with van der Waals surface area (Å²) in [5.41, 5.74) is 0.386. The molecule has 0 radical (unpaired) electrons. The van der Waals surface area contributed by atoms with Crippen LogP contribution in [0.15, 0.2) is 0 Å². The minimum atomic E-state index is 0.257. The number of rotatable bonds is 1. The number of amides is 1. The van der Waals surface area contributed by atoms with Crippen molar-refractivity contribution in [3.63, 3.8) is 0 Å². The number of carbonyl (C=O) groups excluding carboxylic acids is 1. The third-order valence-corrected chi connectivity index (χ3v) is 4.29. The minimum absolute atomic E-state index is 0.257. The first-order valence-corrected chi connectivity index (χ1v) is 6.86. The van der Waals surface area contributed by atoms with Gasteiger partial charge in [0, 0.05) is 24.3 Å². The van der Waals surface area contributed by atoms with Gasteiger partial charge in [-0.3, -0.25) is 4.79 Å². The first-order chi connectivity index (χ1) is 7.37. The van der Waals surface area contributed by atoms with Crippen LogP contribution < -0.4 is 0 Å². The van der Waals surface area contributed by atoms with Crippen LogP contribution in [0.1, 0.15) is 46.5 Å². The summed E-state index contributed by atoms with van der Waals surface area (Å²) in [5.74, 6) is 1.05. The Morgan fingerprint density at radius 3 is 2.56 bits per heavy atom. The van der Waals surface area contributed by atoms with Crippen LogP contribution in [0.2, 0.25) is 0 Å². The predicted molar refractivity (Wildman–Crippen MR) is 69.7 cm³/mol. The fourth-order valence-electron chi connectivity index (χ4n) is 3.60. The average Bonchev–Trinajstić information content (AvgIpc) is 2.41. The first-order valence-electron chi connectivity index (χ1n) is 6.35. The fraction of sp³-hybridized carbons (Fsp3) is 0.923. The van der Waals surface area contributed by atoms with E-state index in [0.29, 0.717) is 23.8 Å². The van der Waals surface area contributed by atoms with Crippen LogP contribution >= 0.6 is 12.6 Å². The van der Waals surface area contributed by atoms with Crippen LogP contribution in [0.3, 0.4) is 0 Å². The molecule has 3 heteroatoms. The standard InChI is InChI=1S/C13H23NOS/c1-9-4-10(7-13(2,3)6-9)14-8-11(16)5-12(14)15/h9-11,16H,4-8H2,1-3H3. The number of nitrogens with zero attached hydrogens (tertiary/aromatic N) is 1. The lowest BCUT2D eigenvalue weighted by Crippen LogP contribution is -2.44. The molecule has 2 fully saturated rings. The zero-order valence-corrected chi connectivity index (χ0v) is 11.5. The molecule has 0 aromatic heterocycles. The molecule has 16 heavy (non-hydrogen) atoms. The van der Waals surface area contributed by atoms with E-state index in [4.69, 9.17) is 0 Å². The minimum Gasteiger partial charge on any atom is -0.339 e. The average molecular weight is 241 g/mol. The van der Waals surface area contributed by atoms with Crippen molar-refractivity contribution in [1.82, 2.24) is 4.90 Å². The second-order valence-electron chi connectivity index (χ2n) is 6.47. The maximum atomic E-state index is 11.9. The molecule has 3 atom stereocenters. The summed E-state index contributed by atoms with van der Waals surface area (Å²) in [6, 6.07) is 0.461. The molecule has 0 bridgehead atoms. The van der Waals surface area contributed by atoms with Crippen LogP contribution in [-0.4, -0.2) is 28.6 Å². The zero-order chi connectivity index (χ0) is 11.9. The number of carbonyl (C=O) groups is 1. The van der Waals surface area contributed by atoms with Crippen LogP contribution in [-0.2, 0) is 4.79 Å². The molecule has 1 aliphatic heterocycles. The molecule has 1 amide bonds. The molecule has 0 spiro atoms. The van der Waals surface area contributed by atoms with Crippen molar-refractivity contribution in [1.29, 1.82) is 0 Å². The quantitative estimate of drug-likeness (QED) is 0.700. The SMILES string of the molecule is CC1CC(N2CC(S)CC2=O)CC(C)(C)C1. The van der Waals surface area contributed by atoms with Gasteiger partial charge in [0.25, 0.3) is 0 Å². The van der Waals surface area contributed by atoms with Gasteiger partial charge in [0.05, 0.1) is 0 Å². The van der Waals surface area contributed by atoms with Gasteiger partial charge in [-0.25, -0.2) is 0 Å². The van der Waals surface area contributed by atoms with Gasteiger partial charge in [0.15, 0.2) is 0 Å². The highest BCUT2D eigenvalue weighted by Crippen LogP contribution is 2.41. The molecule has 92 valence electrons. The molecule has 1 aliphatic carbocycles. The van der Waals surface area contributed by atoms with Crippen LogP contribution in [0.4, 0.5) is 0 Å². The summed E-state index contributed by atoms with van der Waals surface area (Å²) in [7, 11) is 0. The van der Waals surface area contributed by atoms with Gasteiger partial charge in [-0.15, -0.1) is 0 Å². The highest BCUT2D eigenvalue weighted by atomic mass is 32.1. The number of hydrogen-bond acceptors (Lipinski definition) is 2. The second-order valence-corrected chi connectivity index (χ2v) is 7.20. The van der Waals surface area contributed by atoms with E-state index in [-0.39, 0.29) is 5.25 Å². The lowest BCUT2D eigenvalue weighted by molar-refractivity contribution is -0.131. The Bertz CT molecular complexity index is 290. The highest BCUT2D eigenvalue weighted by molar-refractivity contribution is 7.81. The summed E-state index contributed by atoms with van der Waals surface area (Å²) in [4.78, 5) is 14.0. The van der Waals surface area contributed by atoms with Gasteiger partial charge < -0.3 is 4.90 Å². The van der Waals surface area contributed by atoms with Crippen LogP contribution in [0, 0.1) is 11.3 Å². The van der Waals surface area contributed by atoms with Gasteiger partial charge >= 0.3 is 0 Å². The van der Waals surface area contributed by atoms with Gasteiger partial charge in [-0.2, -0.15) is 12.6 Å². The second kappa shape index (κ2) is 4.25. The third kappa shape index (κ3) is 2.55. The maximum Gasteiger partial charge on any atom is 0.224 e. The van der Waals surface area contributed by atoms with Crippen molar-refractivity contribution in [2.24, 2.45) is 11.3 Å². The lowest BCUT2D eigenvalue weighted by atomic mass is 9.70. The molecular formula is C13H23NOS. The van der Waals surface area contributed by atoms with E-state index in [1.165, 1.54) is 12.8 Å². The monoisotopic (exact) mass is 241 g/mol. The van der Waals surface area contributed by atoms with Crippen molar-refractivity contribution in [3.8, 4) is 0 Å². The van der Waals surface area contributed by atoms with E-state index < -0.39 is 0 Å². The molecule has 1 saturated carbocycles. The molecule has 0 aromatic carbocycles. The van der Waals surface area contributed by atoms with Gasteiger partial charge in [-0.1, -0.05) is 20.8 Å². The van der Waals surface area contributed by atoms with Crippen molar-refractivity contribution >= 4 is 18.5 Å². The van der Waals surface area contributed by atoms with E-state index in [9.17, 15) is 4.79 Å². The topological polar surface area (TPSA) is 20.3 Å². The molecule has 3 unspecified atom stereocenters. The van der Waals surface area contributed by atoms with E-state index in [0.717, 1.165) is 18.9 Å². The normalized spacial score (nSPS) is 39.1. The summed E-state index contributed by atoms with van der Waals surface area (Å²) >= 11 is 4.43. The molecule has 1 heterocycles. The number of thiol groups is 1. The first kappa shape index (κ1) is 12.3. The summed E-state index contributed by atoms with van der Waals surface area (Å²) < 4.78 is 0. The van der Waals surface area contributed by atoms with Crippen molar-refractivity contribution in [2.75, 3.05) is 6.54 Å². The Hall–Kier alpha value is -0.180. The Morgan fingerprint density at radius 2 is 2.06 bits per heavy atom. The fourth-order valence-corrected chi connectivity index (χ4v) is 3.93. The lowest BCUT2D eigenvalue weighted by Gasteiger charge is -2.42. The van der Waals surface area contributed by atoms with E-state index in [1.54, 1.807) is 0 Å². The van der Waals surface area contributed by atoms with Crippen molar-refractivity contribution < 1.29 is 4.79 Å². The van der Waals surface area contributed by atoms with Gasteiger partial charge in [0.1, 0.15) is 0 Å². The van der Waals surface area contributed by atoms with E-state index >= 15 is 0 Å². The van der Waals surface area contributed by atoms with E-state index in [1.807, 2.05) is 0 Å². The van der Waals surface area contributed by atoms with Crippen LogP contribution in [0.25, 0.3) is 0 Å². The van der Waals surface area contributed by atoms with Gasteiger partial charge in [-0.05, 0) is 30.6 Å². The van der Waals surface area contributed by atoms with Gasteiger partial charge in [0.2, 0.25) is 5.91 Å². The molecular weight excluding hydrogens is 218 g/mol. The third-order valence-electron chi connectivity index (χ3n) is 3.94. The predicted octanol–water partition coefficient (Wildman–Crippen LogP) is 2.73. The summed E-state index contributed by atoms with van der Waals surface area (Å²) in [6.07, 6.45) is 4.25. The number of hydrogen-bond donors (Lipinski definition) is 1. The van der Waals surface area contributed by atoms with Crippen LogP contribution in [0.5, 0.6) is 0 Å². The smallest absolute Gasteiger partial charge is 0.224 e. The van der Waals surface area contributed by atoms with Crippen molar-refractivity contribution in [2.45, 2.75) is 57.7 Å². The Kier molecular flexibility index (Phi) is 3.26. The molecule has 1 saturated heterocycles. The maximum absolute atomic E-state index is 11.9. The Balaban J connectivity index is 2.06. The van der Waals surface area contributed by atoms with Crippen molar-refractivity contribution in [3.05, 3.63) is 0 Å². The molecule has 2 rings (SSSR count). The highest BCUT2D eigenvalue weighted by Gasteiger charge is 2.39. The Morgan fingerprint density at radius 1 is 1.38 bits per heavy atom. The summed E-state index contributed by atoms with van der Waals surface area (Å²) in [5, 5.41) is 0.257. The molecule has 2 nitrogen and oxygen atoms in total. The van der Waals surface area contributed by atoms with E-state index in [2.05, 4.69) is 38.3 Å². The molecule has 0 N–H and O–H groups in total. The number of likely N-dealkylation sites (tertiary alicyclic amines) is 1. The molecule has 0 aromatic rings. The largest absolute Gasteiger partial charge is 0.339 e.